The summed E-state index contributed by atoms with van der Waals surface area (Å²) in [6, 6.07) is 4.15. The zero-order chi connectivity index (χ0) is 22.1. The molecule has 4 N–H and O–H groups in total. The summed E-state index contributed by atoms with van der Waals surface area (Å²) in [4.78, 5) is 50.6. The summed E-state index contributed by atoms with van der Waals surface area (Å²) in [5.41, 5.74) is 6.38. The molecule has 0 aliphatic carbocycles. The normalized spacial score (nSPS) is 19.0. The molecule has 2 aromatic heterocycles. The van der Waals surface area contributed by atoms with Crippen molar-refractivity contribution in [2.45, 2.75) is 6.04 Å². The van der Waals surface area contributed by atoms with Crippen molar-refractivity contribution in [1.29, 1.82) is 0 Å². The number of carbonyl (C=O) groups is 3. The Bertz CT molecular complexity index is 1110. The van der Waals surface area contributed by atoms with Crippen LogP contribution in [-0.4, -0.2) is 74.8 Å². The van der Waals surface area contributed by atoms with Crippen molar-refractivity contribution in [3.8, 4) is 0 Å². The van der Waals surface area contributed by atoms with Gasteiger partial charge in [-0.05, 0) is 12.1 Å². The number of carboxylic acids is 1. The van der Waals surface area contributed by atoms with Crippen LogP contribution in [0.2, 0.25) is 0 Å². The molecule has 1 fully saturated rings. The molecule has 0 aromatic carbocycles. The van der Waals surface area contributed by atoms with E-state index in [4.69, 9.17) is 10.6 Å². The summed E-state index contributed by atoms with van der Waals surface area (Å²) < 4.78 is 0. The number of carboxylic acid groups (broad SMARTS) is 1. The fraction of sp³-hybridized carbons (Fsp3) is 0.222. The molecule has 2 aromatic rings. The van der Waals surface area contributed by atoms with E-state index in [0.29, 0.717) is 11.3 Å². The number of carbonyl (C=O) groups excluding carboxylic acids is 2. The standard InChI is InChI=1S/C18H17N7O5S/c1-30-23-13(12-8-31-18(19)22-12)15(26)21-11-7-24-6-9(10-4-2-3-5-20-10)14(17(28)29)25(24)16(11)27/h2-5,8,11H,6-7H2,1H3,(H2,19,22)(H,21,26)(H,28,29)/b23-13-. The van der Waals surface area contributed by atoms with E-state index in [-0.39, 0.29) is 35.3 Å². The molecule has 160 valence electrons. The van der Waals surface area contributed by atoms with Crippen molar-refractivity contribution in [2.75, 3.05) is 25.9 Å². The Kier molecular flexibility index (Phi) is 5.35. The molecule has 2 aliphatic heterocycles. The highest BCUT2D eigenvalue weighted by atomic mass is 32.1. The number of nitrogens with zero attached hydrogens (tertiary/aromatic N) is 5. The summed E-state index contributed by atoms with van der Waals surface area (Å²) in [6.45, 7) is 0.246. The van der Waals surface area contributed by atoms with Gasteiger partial charge in [0.15, 0.2) is 16.5 Å². The number of amides is 2. The third kappa shape index (κ3) is 3.71. The van der Waals surface area contributed by atoms with Crippen LogP contribution in [-0.2, 0) is 19.2 Å². The largest absolute Gasteiger partial charge is 0.477 e. The Labute approximate surface area is 179 Å². The number of nitrogens with one attached hydrogen (secondary N) is 1. The lowest BCUT2D eigenvalue weighted by Crippen LogP contribution is -2.46. The lowest BCUT2D eigenvalue weighted by Gasteiger charge is -2.19. The van der Waals surface area contributed by atoms with E-state index in [9.17, 15) is 19.5 Å². The second kappa shape index (κ2) is 8.12. The van der Waals surface area contributed by atoms with Gasteiger partial charge >= 0.3 is 5.97 Å². The van der Waals surface area contributed by atoms with Gasteiger partial charge in [-0.2, -0.15) is 0 Å². The second-order valence-electron chi connectivity index (χ2n) is 6.56. The molecule has 1 atom stereocenters. The van der Waals surface area contributed by atoms with Crippen LogP contribution < -0.4 is 11.1 Å². The van der Waals surface area contributed by atoms with Crippen LogP contribution in [0.4, 0.5) is 5.13 Å². The van der Waals surface area contributed by atoms with Crippen molar-refractivity contribution in [3.63, 3.8) is 0 Å². The van der Waals surface area contributed by atoms with Crippen molar-refractivity contribution < 1.29 is 24.3 Å². The maximum Gasteiger partial charge on any atom is 0.354 e. The highest BCUT2D eigenvalue weighted by molar-refractivity contribution is 7.13. The van der Waals surface area contributed by atoms with Crippen LogP contribution in [0, 0.1) is 0 Å². The number of pyridine rings is 1. The lowest BCUT2D eigenvalue weighted by atomic mass is 10.1. The highest BCUT2D eigenvalue weighted by Crippen LogP contribution is 2.34. The van der Waals surface area contributed by atoms with Gasteiger partial charge in [0.05, 0.1) is 5.69 Å². The number of nitrogens with two attached hydrogens (primary N) is 1. The van der Waals surface area contributed by atoms with Crippen molar-refractivity contribution >= 4 is 45.5 Å². The number of aliphatic carboxylic acids is 1. The molecule has 12 nitrogen and oxygen atoms in total. The summed E-state index contributed by atoms with van der Waals surface area (Å²) >= 11 is 1.12. The van der Waals surface area contributed by atoms with Crippen LogP contribution in [0.3, 0.4) is 0 Å². The lowest BCUT2D eigenvalue weighted by molar-refractivity contribution is -0.143. The number of nitrogen functional groups attached to an aromatic ring is 1. The minimum Gasteiger partial charge on any atom is -0.477 e. The van der Waals surface area contributed by atoms with E-state index >= 15 is 0 Å². The molecule has 0 bridgehead atoms. The third-order valence-electron chi connectivity index (χ3n) is 4.67. The van der Waals surface area contributed by atoms with Gasteiger partial charge in [0.2, 0.25) is 0 Å². The van der Waals surface area contributed by atoms with Crippen LogP contribution in [0.25, 0.3) is 5.57 Å². The van der Waals surface area contributed by atoms with Crippen LogP contribution >= 0.6 is 11.3 Å². The van der Waals surface area contributed by atoms with Crippen molar-refractivity contribution in [3.05, 3.63) is 46.9 Å². The number of oxime groups is 1. The molecule has 0 spiro atoms. The van der Waals surface area contributed by atoms with Gasteiger partial charge in [0.25, 0.3) is 11.8 Å². The van der Waals surface area contributed by atoms with E-state index in [1.807, 2.05) is 0 Å². The molecule has 13 heteroatoms. The van der Waals surface area contributed by atoms with Crippen LogP contribution in [0.15, 0.2) is 40.6 Å². The predicted molar refractivity (Wildman–Crippen MR) is 109 cm³/mol. The van der Waals surface area contributed by atoms with Gasteiger partial charge in [-0.25, -0.2) is 19.8 Å². The van der Waals surface area contributed by atoms with Crippen LogP contribution in [0.1, 0.15) is 11.4 Å². The monoisotopic (exact) mass is 443 g/mol. The fourth-order valence-corrected chi connectivity index (χ4v) is 3.97. The maximum atomic E-state index is 13.0. The number of hydrogen-bond acceptors (Lipinski definition) is 10. The SMILES string of the molecule is CO/N=C(\C(=O)NC1CN2CC(c3ccccn3)=C(C(=O)O)N2C1=O)c1csc(N)n1. The van der Waals surface area contributed by atoms with Gasteiger partial charge in [-0.1, -0.05) is 11.2 Å². The van der Waals surface area contributed by atoms with Gasteiger partial charge < -0.3 is 21.0 Å². The number of hydrogen-bond donors (Lipinski definition) is 3. The first kappa shape index (κ1) is 20.4. The summed E-state index contributed by atoms with van der Waals surface area (Å²) in [5.74, 6) is -2.53. The van der Waals surface area contributed by atoms with E-state index < -0.39 is 23.8 Å². The van der Waals surface area contributed by atoms with Crippen LogP contribution in [0.5, 0.6) is 0 Å². The summed E-state index contributed by atoms with van der Waals surface area (Å²) in [5, 5.41) is 20.4. The van der Waals surface area contributed by atoms with E-state index in [0.717, 1.165) is 16.3 Å². The summed E-state index contributed by atoms with van der Waals surface area (Å²) in [6.07, 6.45) is 1.55. The minimum absolute atomic E-state index is 0.0805. The number of anilines is 1. The molecule has 0 radical (unpaired) electrons. The molecule has 2 amide bonds. The Morgan fingerprint density at radius 1 is 1.42 bits per heavy atom. The third-order valence-corrected chi connectivity index (χ3v) is 5.34. The Morgan fingerprint density at radius 3 is 2.84 bits per heavy atom. The van der Waals surface area contributed by atoms with Gasteiger partial charge in [0, 0.05) is 30.2 Å². The average Bonchev–Trinajstić information content (AvgIpc) is 3.42. The molecule has 1 unspecified atom stereocenters. The molecular weight excluding hydrogens is 426 g/mol. The quantitative estimate of drug-likeness (QED) is 0.395. The smallest absolute Gasteiger partial charge is 0.354 e. The Morgan fingerprint density at radius 2 is 2.23 bits per heavy atom. The topological polar surface area (TPSA) is 163 Å². The molecular formula is C18H17N7O5S. The summed E-state index contributed by atoms with van der Waals surface area (Å²) in [7, 11) is 1.27. The molecule has 4 heterocycles. The first-order valence-electron chi connectivity index (χ1n) is 9.00. The molecule has 31 heavy (non-hydrogen) atoms. The number of rotatable bonds is 6. The number of fused-ring (bicyclic) bond motifs is 1. The van der Waals surface area contributed by atoms with Crippen molar-refractivity contribution in [1.82, 2.24) is 25.3 Å². The Hall–Kier alpha value is -3.84. The van der Waals surface area contributed by atoms with Gasteiger partial charge in [-0.15, -0.1) is 11.3 Å². The molecule has 1 saturated heterocycles. The first-order valence-corrected chi connectivity index (χ1v) is 9.88. The minimum atomic E-state index is -1.26. The zero-order valence-corrected chi connectivity index (χ0v) is 17.0. The van der Waals surface area contributed by atoms with Gasteiger partial charge in [0.1, 0.15) is 18.8 Å². The fourth-order valence-electron chi connectivity index (χ4n) is 3.42. The molecule has 0 saturated carbocycles. The average molecular weight is 443 g/mol. The first-order chi connectivity index (χ1) is 14.9. The number of hydrazine groups is 1. The zero-order valence-electron chi connectivity index (χ0n) is 16.2. The molecule has 2 aliphatic rings. The highest BCUT2D eigenvalue weighted by Gasteiger charge is 2.48. The maximum absolute atomic E-state index is 13.0. The van der Waals surface area contributed by atoms with Crippen molar-refractivity contribution in [2.24, 2.45) is 5.16 Å². The number of thiazole rings is 1. The second-order valence-corrected chi connectivity index (χ2v) is 7.45. The van der Waals surface area contributed by atoms with E-state index in [2.05, 4.69) is 20.4 Å². The van der Waals surface area contributed by atoms with Gasteiger partial charge in [-0.3, -0.25) is 14.6 Å². The predicted octanol–water partition coefficient (Wildman–Crippen LogP) is -0.476. The Balaban J connectivity index is 1.57. The number of aromatic nitrogens is 2. The van der Waals surface area contributed by atoms with E-state index in [1.54, 1.807) is 29.4 Å². The van der Waals surface area contributed by atoms with E-state index in [1.165, 1.54) is 12.5 Å². The molecule has 4 rings (SSSR count).